The molecule has 0 saturated carbocycles. The Labute approximate surface area is 209 Å². The molecule has 2 aromatic heterocycles. The van der Waals surface area contributed by atoms with Gasteiger partial charge in [0.1, 0.15) is 5.75 Å². The fourth-order valence-corrected chi connectivity index (χ4v) is 4.75. The second-order valence-corrected chi connectivity index (χ2v) is 9.10. The Morgan fingerprint density at radius 1 is 1.03 bits per heavy atom. The number of amides is 1. The molecule has 3 aromatic rings. The predicted octanol–water partition coefficient (Wildman–Crippen LogP) is 1.87. The second-order valence-electron chi connectivity index (χ2n) is 8.16. The molecule has 35 heavy (non-hydrogen) atoms. The topological polar surface area (TPSA) is 113 Å². The minimum absolute atomic E-state index is 0.108. The summed E-state index contributed by atoms with van der Waals surface area (Å²) in [5, 5.41) is 15.4. The van der Waals surface area contributed by atoms with Crippen LogP contribution in [0.25, 0.3) is 5.78 Å². The summed E-state index contributed by atoms with van der Waals surface area (Å²) >= 11 is 1.36. The first-order valence-corrected chi connectivity index (χ1v) is 13.0. The zero-order valence-corrected chi connectivity index (χ0v) is 21.3. The maximum atomic E-state index is 12.9. The van der Waals surface area contributed by atoms with Crippen LogP contribution in [0.2, 0.25) is 0 Å². The third-order valence-corrected chi connectivity index (χ3v) is 6.75. The van der Waals surface area contributed by atoms with Gasteiger partial charge in [-0.05, 0) is 38.0 Å². The van der Waals surface area contributed by atoms with Crippen LogP contribution in [-0.2, 0) is 11.2 Å². The van der Waals surface area contributed by atoms with E-state index in [0.29, 0.717) is 41.7 Å². The highest BCUT2D eigenvalue weighted by molar-refractivity contribution is 7.99. The molecule has 0 unspecified atom stereocenters. The van der Waals surface area contributed by atoms with Crippen molar-refractivity contribution in [2.45, 2.75) is 25.4 Å². The van der Waals surface area contributed by atoms with E-state index in [0.717, 1.165) is 44.9 Å². The van der Waals surface area contributed by atoms with Gasteiger partial charge in [0.25, 0.3) is 5.78 Å². The number of thioether (sulfide) groups is 1. The summed E-state index contributed by atoms with van der Waals surface area (Å²) in [6.07, 6.45) is 0.986. The normalized spacial score (nSPS) is 14.3. The predicted molar refractivity (Wildman–Crippen MR) is 137 cm³/mol. The van der Waals surface area contributed by atoms with E-state index in [4.69, 9.17) is 4.74 Å². The average molecular weight is 500 g/mol. The third kappa shape index (κ3) is 6.31. The van der Waals surface area contributed by atoms with Crippen LogP contribution in [-0.4, -0.2) is 98.9 Å². The summed E-state index contributed by atoms with van der Waals surface area (Å²) in [7, 11) is 1.68. The molecule has 0 aliphatic carbocycles. The quantitative estimate of drug-likeness (QED) is 0.379. The molecule has 4 rings (SSSR count). The molecule has 1 fully saturated rings. The van der Waals surface area contributed by atoms with E-state index in [9.17, 15) is 4.79 Å². The van der Waals surface area contributed by atoms with Gasteiger partial charge >= 0.3 is 0 Å². The number of anilines is 2. The number of ether oxygens (including phenoxy) is 1. The number of aromatic nitrogens is 5. The number of methoxy groups -OCH3 is 1. The van der Waals surface area contributed by atoms with Gasteiger partial charge in [0.05, 0.1) is 12.9 Å². The molecule has 11 nitrogen and oxygen atoms in total. The van der Waals surface area contributed by atoms with Gasteiger partial charge in [0.2, 0.25) is 17.8 Å². The van der Waals surface area contributed by atoms with Gasteiger partial charge in [-0.15, -0.1) is 10.2 Å². The molecular formula is C23H33N9O2S. The Bertz CT molecular complexity index is 1110. The molecule has 188 valence electrons. The summed E-state index contributed by atoms with van der Waals surface area (Å²) in [6.45, 7) is 9.61. The molecule has 1 aliphatic rings. The highest BCUT2D eigenvalue weighted by atomic mass is 32.2. The molecule has 0 spiro atoms. The van der Waals surface area contributed by atoms with Gasteiger partial charge in [-0.25, -0.2) is 4.40 Å². The lowest BCUT2D eigenvalue weighted by atomic mass is 10.1. The molecule has 1 aromatic carbocycles. The standard InChI is InChI=1S/C23H33N9O2S/c1-4-24-20-26-21(25-5-2)32-22(27-20)28-29-23(32)35-16-19(33)31-14-12-30(13-15-31)11-10-17-6-8-18(34-3)9-7-17/h6-9H,4-5,10-16H2,1-3H3,(H2,24,25,26,27,28). The van der Waals surface area contributed by atoms with Crippen LogP contribution in [0, 0.1) is 0 Å². The van der Waals surface area contributed by atoms with Crippen molar-refractivity contribution in [2.75, 3.05) is 69.3 Å². The lowest BCUT2D eigenvalue weighted by Gasteiger charge is -2.34. The van der Waals surface area contributed by atoms with Crippen LogP contribution in [0.4, 0.5) is 11.9 Å². The first-order valence-electron chi connectivity index (χ1n) is 12.0. The summed E-state index contributed by atoms with van der Waals surface area (Å²) < 4.78 is 6.99. The summed E-state index contributed by atoms with van der Waals surface area (Å²) in [5.74, 6) is 2.85. The van der Waals surface area contributed by atoms with Gasteiger partial charge in [0.15, 0.2) is 5.16 Å². The van der Waals surface area contributed by atoms with Crippen LogP contribution in [0.5, 0.6) is 5.75 Å². The minimum Gasteiger partial charge on any atom is -0.497 e. The molecule has 2 N–H and O–H groups in total. The molecule has 12 heteroatoms. The number of fused-ring (bicyclic) bond motifs is 1. The van der Waals surface area contributed by atoms with E-state index in [1.165, 1.54) is 17.3 Å². The Morgan fingerprint density at radius 2 is 1.77 bits per heavy atom. The van der Waals surface area contributed by atoms with E-state index < -0.39 is 0 Å². The van der Waals surface area contributed by atoms with E-state index in [2.05, 4.69) is 47.8 Å². The lowest BCUT2D eigenvalue weighted by molar-refractivity contribution is -0.130. The van der Waals surface area contributed by atoms with Crippen LogP contribution < -0.4 is 15.4 Å². The van der Waals surface area contributed by atoms with E-state index >= 15 is 0 Å². The molecule has 1 aliphatic heterocycles. The van der Waals surface area contributed by atoms with Gasteiger partial charge in [-0.1, -0.05) is 23.9 Å². The Balaban J connectivity index is 1.28. The van der Waals surface area contributed by atoms with E-state index in [1.807, 2.05) is 30.9 Å². The Kier molecular flexibility index (Phi) is 8.59. The number of rotatable bonds is 11. The van der Waals surface area contributed by atoms with Crippen molar-refractivity contribution in [3.05, 3.63) is 29.8 Å². The van der Waals surface area contributed by atoms with Crippen LogP contribution in [0.1, 0.15) is 19.4 Å². The fraction of sp³-hybridized carbons (Fsp3) is 0.522. The zero-order chi connectivity index (χ0) is 24.6. The smallest absolute Gasteiger partial charge is 0.261 e. The number of benzene rings is 1. The Morgan fingerprint density at radius 3 is 2.46 bits per heavy atom. The van der Waals surface area contributed by atoms with Crippen molar-refractivity contribution in [1.29, 1.82) is 0 Å². The van der Waals surface area contributed by atoms with E-state index in [1.54, 1.807) is 11.5 Å². The summed E-state index contributed by atoms with van der Waals surface area (Å²) in [5.41, 5.74) is 1.29. The molecule has 1 saturated heterocycles. The highest BCUT2D eigenvalue weighted by Crippen LogP contribution is 2.22. The van der Waals surface area contributed by atoms with Crippen molar-refractivity contribution in [3.8, 4) is 5.75 Å². The second kappa shape index (κ2) is 12.0. The monoisotopic (exact) mass is 499 g/mol. The number of carbonyl (C=O) groups is 1. The SMILES string of the molecule is CCNc1nc(NCC)n2c(SCC(=O)N3CCN(CCc4ccc(OC)cc4)CC3)nnc2n1. The summed E-state index contributed by atoms with van der Waals surface area (Å²) in [4.78, 5) is 26.2. The largest absolute Gasteiger partial charge is 0.497 e. The minimum atomic E-state index is 0.108. The highest BCUT2D eigenvalue weighted by Gasteiger charge is 2.22. The van der Waals surface area contributed by atoms with Crippen molar-refractivity contribution in [1.82, 2.24) is 34.4 Å². The lowest BCUT2D eigenvalue weighted by Crippen LogP contribution is -2.49. The van der Waals surface area contributed by atoms with Crippen LogP contribution in [0.15, 0.2) is 29.4 Å². The number of hydrogen-bond donors (Lipinski definition) is 2. The molecule has 0 radical (unpaired) electrons. The van der Waals surface area contributed by atoms with E-state index in [-0.39, 0.29) is 5.91 Å². The van der Waals surface area contributed by atoms with Gasteiger partial charge in [0, 0.05) is 45.8 Å². The number of nitrogens with zero attached hydrogens (tertiary/aromatic N) is 7. The van der Waals surface area contributed by atoms with Crippen molar-refractivity contribution in [3.63, 3.8) is 0 Å². The van der Waals surface area contributed by atoms with Crippen molar-refractivity contribution < 1.29 is 9.53 Å². The zero-order valence-electron chi connectivity index (χ0n) is 20.5. The number of hydrogen-bond acceptors (Lipinski definition) is 10. The maximum absolute atomic E-state index is 12.9. The average Bonchev–Trinajstić information content (AvgIpc) is 3.30. The number of piperazine rings is 1. The molecule has 1 amide bonds. The van der Waals surface area contributed by atoms with Crippen molar-refractivity contribution in [2.24, 2.45) is 0 Å². The molecular weight excluding hydrogens is 466 g/mol. The van der Waals surface area contributed by atoms with Gasteiger partial charge < -0.3 is 20.3 Å². The third-order valence-electron chi connectivity index (χ3n) is 5.84. The van der Waals surface area contributed by atoms with Crippen LogP contribution in [0.3, 0.4) is 0 Å². The summed E-state index contributed by atoms with van der Waals surface area (Å²) in [6, 6.07) is 8.21. The number of nitrogens with one attached hydrogen (secondary N) is 2. The first-order chi connectivity index (χ1) is 17.1. The number of carbonyl (C=O) groups excluding carboxylic acids is 1. The molecule has 0 atom stereocenters. The first kappa shape index (κ1) is 25.0. The van der Waals surface area contributed by atoms with Gasteiger partial charge in [-0.2, -0.15) is 9.97 Å². The van der Waals surface area contributed by atoms with Gasteiger partial charge in [-0.3, -0.25) is 9.69 Å². The fourth-order valence-electron chi connectivity index (χ4n) is 3.92. The molecule has 0 bridgehead atoms. The maximum Gasteiger partial charge on any atom is 0.261 e. The Hall–Kier alpha value is -3.12. The van der Waals surface area contributed by atoms with Crippen molar-refractivity contribution >= 4 is 35.3 Å². The van der Waals surface area contributed by atoms with Crippen LogP contribution >= 0.6 is 11.8 Å². The molecule has 3 heterocycles.